The van der Waals surface area contributed by atoms with Gasteiger partial charge in [-0.1, -0.05) is 132 Å². The molecular weight excluding hydrogens is 698 g/mol. The fourth-order valence-corrected chi connectivity index (χ4v) is 11.9. The molecule has 4 aliphatic heterocycles. The largest absolute Gasteiger partial charge is 0.345 e. The van der Waals surface area contributed by atoms with Crippen LogP contribution in [0.1, 0.15) is 5.56 Å². The van der Waals surface area contributed by atoms with Gasteiger partial charge in [-0.25, -0.2) is 0 Å². The third kappa shape index (κ3) is 3.68. The smallest absolute Gasteiger partial charge is 0.248 e. The lowest BCUT2D eigenvalue weighted by Gasteiger charge is -2.41. The number of anilines is 5. The summed E-state index contributed by atoms with van der Waals surface area (Å²) in [6.07, 6.45) is 0. The fourth-order valence-electron chi connectivity index (χ4n) is 11.9. The summed E-state index contributed by atoms with van der Waals surface area (Å²) in [7, 11) is 2.24. The topological polar surface area (TPSA) is 6.48 Å². The Morgan fingerprint density at radius 3 is 1.67 bits per heavy atom. The molecule has 0 aromatic heterocycles. The van der Waals surface area contributed by atoms with E-state index in [0.717, 1.165) is 0 Å². The van der Waals surface area contributed by atoms with Crippen molar-refractivity contribution in [2.75, 3.05) is 16.8 Å². The van der Waals surface area contributed by atoms with E-state index in [1.807, 2.05) is 0 Å². The van der Waals surface area contributed by atoms with Crippen molar-refractivity contribution in [2.24, 2.45) is 0 Å². The summed E-state index contributed by atoms with van der Waals surface area (Å²) >= 11 is 0. The third-order valence-corrected chi connectivity index (χ3v) is 14.1. The standard InChI is InChI=1S/C54H34B2N2/c1-31-27-43-49-39(35-20-14-26-48-54(35)56(43)42-22-10-12-24-46(42)58(48)33-17-7-4-8-18-33)29-40-37(32-15-5-3-6-16-32)28-38-34-19-13-25-47-53(34)55(41-21-9-11-23-45(41)57(47)2)44-30-36(31)51(49)52(40)50(38)44/h3-30H,1-2H3. The Bertz CT molecular complexity index is 3450. The van der Waals surface area contributed by atoms with Crippen LogP contribution in [0.15, 0.2) is 170 Å². The van der Waals surface area contributed by atoms with Crippen LogP contribution < -0.4 is 42.6 Å². The first-order valence-electron chi connectivity index (χ1n) is 20.6. The van der Waals surface area contributed by atoms with Crippen LogP contribution >= 0.6 is 0 Å². The second-order valence-electron chi connectivity index (χ2n) is 16.8. The molecule has 0 spiro atoms. The summed E-state index contributed by atoms with van der Waals surface area (Å²) in [6.45, 7) is 2.62. The van der Waals surface area contributed by atoms with E-state index in [4.69, 9.17) is 0 Å². The van der Waals surface area contributed by atoms with E-state index in [2.05, 4.69) is 194 Å². The number of hydrogen-bond acceptors (Lipinski definition) is 2. The molecule has 58 heavy (non-hydrogen) atoms. The van der Waals surface area contributed by atoms with Gasteiger partial charge in [-0.15, -0.1) is 0 Å². The minimum absolute atomic E-state index is 0.114. The summed E-state index contributed by atoms with van der Waals surface area (Å²) in [5.41, 5.74) is 24.0. The second kappa shape index (κ2) is 10.9. The van der Waals surface area contributed by atoms with E-state index in [1.54, 1.807) is 0 Å². The van der Waals surface area contributed by atoms with E-state index in [1.165, 1.54) is 132 Å². The molecule has 266 valence electrons. The molecule has 4 heteroatoms. The monoisotopic (exact) mass is 732 g/mol. The summed E-state index contributed by atoms with van der Waals surface area (Å²) in [4.78, 5) is 4.90. The fraction of sp³-hybridized carbons (Fsp3) is 0.0370. The number of hydrogen-bond donors (Lipinski definition) is 0. The normalized spacial score (nSPS) is 13.9. The van der Waals surface area contributed by atoms with Crippen LogP contribution in [0.3, 0.4) is 0 Å². The molecule has 0 N–H and O–H groups in total. The van der Waals surface area contributed by atoms with Crippen molar-refractivity contribution in [3.8, 4) is 33.4 Å². The minimum atomic E-state index is 0.114. The molecule has 4 heterocycles. The molecule has 14 rings (SSSR count). The molecule has 0 fully saturated rings. The highest BCUT2D eigenvalue weighted by molar-refractivity contribution is 7.02. The highest BCUT2D eigenvalue weighted by atomic mass is 15.2. The van der Waals surface area contributed by atoms with Gasteiger partial charge >= 0.3 is 0 Å². The van der Waals surface area contributed by atoms with E-state index in [-0.39, 0.29) is 13.4 Å². The zero-order valence-corrected chi connectivity index (χ0v) is 32.2. The van der Waals surface area contributed by atoms with Crippen molar-refractivity contribution in [3.63, 3.8) is 0 Å². The molecule has 0 atom stereocenters. The molecule has 0 unspecified atom stereocenters. The van der Waals surface area contributed by atoms with Crippen LogP contribution in [0, 0.1) is 6.92 Å². The highest BCUT2D eigenvalue weighted by Crippen LogP contribution is 2.50. The molecule has 4 aliphatic rings. The molecule has 0 amide bonds. The Morgan fingerprint density at radius 2 is 0.931 bits per heavy atom. The first-order valence-corrected chi connectivity index (χ1v) is 20.6. The highest BCUT2D eigenvalue weighted by Gasteiger charge is 2.44. The average Bonchev–Trinajstić information content (AvgIpc) is 3.28. The van der Waals surface area contributed by atoms with Gasteiger partial charge in [0.05, 0.1) is 0 Å². The minimum Gasteiger partial charge on any atom is -0.345 e. The Kier molecular flexibility index (Phi) is 5.83. The SMILES string of the molecule is Cc1cc2c3c(cc4c(-c5ccccc5)cc5c6c(cc1c3c46)B1c3ccccc3N(C)c3cccc-5c31)-c1cccc3c1B2c1ccccc1N3c1ccccc1. The van der Waals surface area contributed by atoms with Crippen LogP contribution in [0.5, 0.6) is 0 Å². The summed E-state index contributed by atoms with van der Waals surface area (Å²) < 4.78 is 0. The maximum Gasteiger partial charge on any atom is 0.248 e. The van der Waals surface area contributed by atoms with E-state index >= 15 is 0 Å². The molecule has 10 aromatic rings. The van der Waals surface area contributed by atoms with Crippen molar-refractivity contribution in [1.82, 2.24) is 0 Å². The molecule has 2 nitrogen and oxygen atoms in total. The quantitative estimate of drug-likeness (QED) is 0.129. The predicted octanol–water partition coefficient (Wildman–Crippen LogP) is 9.42. The third-order valence-electron chi connectivity index (χ3n) is 14.1. The molecular formula is C54H34B2N2. The van der Waals surface area contributed by atoms with Crippen LogP contribution in [0.25, 0.3) is 65.7 Å². The van der Waals surface area contributed by atoms with E-state index < -0.39 is 0 Å². The molecule has 10 aromatic carbocycles. The maximum atomic E-state index is 2.61. The average molecular weight is 733 g/mol. The molecule has 0 radical (unpaired) electrons. The Balaban J connectivity index is 1.19. The van der Waals surface area contributed by atoms with Crippen molar-refractivity contribution in [3.05, 3.63) is 175 Å². The first kappa shape index (κ1) is 31.1. The van der Waals surface area contributed by atoms with Gasteiger partial charge in [-0.3, -0.25) is 0 Å². The van der Waals surface area contributed by atoms with Gasteiger partial charge < -0.3 is 9.80 Å². The Morgan fingerprint density at radius 1 is 0.379 bits per heavy atom. The Labute approximate surface area is 338 Å². The Hall–Kier alpha value is -7.03. The van der Waals surface area contributed by atoms with Gasteiger partial charge in [0.1, 0.15) is 0 Å². The summed E-state index contributed by atoms with van der Waals surface area (Å²) in [5.74, 6) is 0. The van der Waals surface area contributed by atoms with Crippen molar-refractivity contribution < 1.29 is 0 Å². The van der Waals surface area contributed by atoms with Crippen LogP contribution in [0.4, 0.5) is 28.4 Å². The van der Waals surface area contributed by atoms with Crippen LogP contribution in [-0.2, 0) is 0 Å². The summed E-state index contributed by atoms with van der Waals surface area (Å²) in [6, 6.07) is 64.5. The van der Waals surface area contributed by atoms with Crippen LogP contribution in [-0.4, -0.2) is 20.5 Å². The first-order chi connectivity index (χ1) is 28.7. The second-order valence-corrected chi connectivity index (χ2v) is 16.8. The molecule has 0 saturated carbocycles. The maximum absolute atomic E-state index is 2.61. The van der Waals surface area contributed by atoms with Crippen molar-refractivity contribution >= 4 is 107 Å². The van der Waals surface area contributed by atoms with Crippen molar-refractivity contribution in [2.45, 2.75) is 6.92 Å². The van der Waals surface area contributed by atoms with Gasteiger partial charge in [0.15, 0.2) is 0 Å². The van der Waals surface area contributed by atoms with Crippen molar-refractivity contribution in [1.29, 1.82) is 0 Å². The molecule has 0 aliphatic carbocycles. The summed E-state index contributed by atoms with van der Waals surface area (Å²) in [5, 5.41) is 8.37. The number of aryl methyl sites for hydroxylation is 1. The zero-order chi connectivity index (χ0) is 38.0. The molecule has 0 saturated heterocycles. The van der Waals surface area contributed by atoms with E-state index in [0.29, 0.717) is 0 Å². The number of nitrogens with zero attached hydrogens (tertiary/aromatic N) is 2. The van der Waals surface area contributed by atoms with Gasteiger partial charge in [-0.05, 0) is 149 Å². The number of fused-ring (bicyclic) bond motifs is 8. The molecule has 0 bridgehead atoms. The lowest BCUT2D eigenvalue weighted by molar-refractivity contribution is 1.22. The predicted molar refractivity (Wildman–Crippen MR) is 250 cm³/mol. The number of rotatable bonds is 2. The van der Waals surface area contributed by atoms with Crippen LogP contribution in [0.2, 0.25) is 0 Å². The van der Waals surface area contributed by atoms with Gasteiger partial charge in [0, 0.05) is 35.5 Å². The number of para-hydroxylation sites is 3. The van der Waals surface area contributed by atoms with Gasteiger partial charge in [0.25, 0.3) is 0 Å². The lowest BCUT2D eigenvalue weighted by Crippen LogP contribution is -2.60. The lowest BCUT2D eigenvalue weighted by atomic mass is 9.31. The zero-order valence-electron chi connectivity index (χ0n) is 32.2. The van der Waals surface area contributed by atoms with E-state index in [9.17, 15) is 0 Å². The van der Waals surface area contributed by atoms with Gasteiger partial charge in [-0.2, -0.15) is 0 Å². The number of benzene rings is 10. The van der Waals surface area contributed by atoms with Gasteiger partial charge in [0.2, 0.25) is 13.4 Å².